The summed E-state index contributed by atoms with van der Waals surface area (Å²) < 4.78 is 10.8. The third-order valence-corrected chi connectivity index (χ3v) is 3.38. The highest BCUT2D eigenvalue weighted by atomic mass is 16.4. The fraction of sp³-hybridized carbons (Fsp3) is 0.429. The summed E-state index contributed by atoms with van der Waals surface area (Å²) in [5.41, 5.74) is 0.653. The molecule has 6 nitrogen and oxygen atoms in total. The van der Waals surface area contributed by atoms with Crippen LogP contribution in [-0.2, 0) is 11.2 Å². The smallest absolute Gasteiger partial charge is 0.263 e. The van der Waals surface area contributed by atoms with E-state index in [2.05, 4.69) is 15.6 Å². The summed E-state index contributed by atoms with van der Waals surface area (Å²) in [6.45, 7) is 3.59. The molecule has 0 aliphatic carbocycles. The number of amides is 1. The maximum Gasteiger partial charge on any atom is 0.263 e. The first kappa shape index (κ1) is 12.9. The van der Waals surface area contributed by atoms with Gasteiger partial charge < -0.3 is 19.5 Å². The summed E-state index contributed by atoms with van der Waals surface area (Å²) in [5.74, 6) is 1.61. The highest BCUT2D eigenvalue weighted by molar-refractivity contribution is 5.78. The average Bonchev–Trinajstić information content (AvgIpc) is 3.12. The quantitative estimate of drug-likeness (QED) is 0.878. The van der Waals surface area contributed by atoms with Gasteiger partial charge in [0, 0.05) is 12.6 Å². The van der Waals surface area contributed by atoms with Crippen LogP contribution in [0.1, 0.15) is 17.9 Å². The molecular weight excluding hydrogens is 258 g/mol. The molecule has 3 rings (SSSR count). The van der Waals surface area contributed by atoms with E-state index < -0.39 is 0 Å². The van der Waals surface area contributed by atoms with Crippen molar-refractivity contribution in [1.82, 2.24) is 15.6 Å². The van der Waals surface area contributed by atoms with Gasteiger partial charge in [0.1, 0.15) is 5.76 Å². The topological polar surface area (TPSA) is 80.3 Å². The molecule has 106 valence electrons. The average molecular weight is 275 g/mol. The number of carbonyl (C=O) groups is 1. The van der Waals surface area contributed by atoms with Crippen LogP contribution in [0, 0.1) is 6.92 Å². The molecule has 2 aromatic heterocycles. The predicted molar refractivity (Wildman–Crippen MR) is 72.1 cm³/mol. The van der Waals surface area contributed by atoms with E-state index in [4.69, 9.17) is 8.83 Å². The van der Waals surface area contributed by atoms with E-state index in [0.29, 0.717) is 23.1 Å². The van der Waals surface area contributed by atoms with Gasteiger partial charge in [0.05, 0.1) is 18.4 Å². The molecule has 1 unspecified atom stereocenters. The number of hydrogen-bond donors (Lipinski definition) is 2. The Kier molecular flexibility index (Phi) is 3.56. The third-order valence-electron chi connectivity index (χ3n) is 3.38. The minimum atomic E-state index is -0.0268. The van der Waals surface area contributed by atoms with Gasteiger partial charge in [0.15, 0.2) is 5.76 Å². The number of oxazole rings is 1. The largest absolute Gasteiger partial charge is 0.459 e. The van der Waals surface area contributed by atoms with Crippen LogP contribution in [0.5, 0.6) is 0 Å². The number of nitrogens with zero attached hydrogens (tertiary/aromatic N) is 1. The van der Waals surface area contributed by atoms with Crippen LogP contribution in [0.25, 0.3) is 11.7 Å². The molecule has 1 saturated heterocycles. The second-order valence-corrected chi connectivity index (χ2v) is 4.93. The van der Waals surface area contributed by atoms with Crippen LogP contribution in [-0.4, -0.2) is 30.0 Å². The second-order valence-electron chi connectivity index (χ2n) is 4.93. The Morgan fingerprint density at radius 2 is 2.50 bits per heavy atom. The lowest BCUT2D eigenvalue weighted by Gasteiger charge is -2.10. The molecule has 1 aliphatic heterocycles. The number of furan rings is 1. The molecule has 6 heteroatoms. The van der Waals surface area contributed by atoms with Crippen LogP contribution < -0.4 is 10.6 Å². The first-order valence-electron chi connectivity index (χ1n) is 6.72. The van der Waals surface area contributed by atoms with E-state index in [0.717, 1.165) is 19.5 Å². The van der Waals surface area contributed by atoms with Crippen molar-refractivity contribution < 1.29 is 13.6 Å². The normalized spacial score (nSPS) is 18.4. The molecule has 20 heavy (non-hydrogen) atoms. The highest BCUT2D eigenvalue weighted by Gasteiger charge is 2.20. The van der Waals surface area contributed by atoms with Crippen molar-refractivity contribution in [1.29, 1.82) is 0 Å². The molecule has 2 aromatic rings. The zero-order valence-corrected chi connectivity index (χ0v) is 11.3. The molecule has 0 spiro atoms. The van der Waals surface area contributed by atoms with E-state index >= 15 is 0 Å². The number of nitrogens with one attached hydrogen (secondary N) is 2. The van der Waals surface area contributed by atoms with Gasteiger partial charge >= 0.3 is 0 Å². The van der Waals surface area contributed by atoms with Gasteiger partial charge in [0.25, 0.3) is 5.89 Å². The minimum Gasteiger partial charge on any atom is -0.459 e. The number of rotatable bonds is 4. The number of hydrogen-bond acceptors (Lipinski definition) is 5. The van der Waals surface area contributed by atoms with Crippen molar-refractivity contribution in [3.63, 3.8) is 0 Å². The van der Waals surface area contributed by atoms with Crippen molar-refractivity contribution in [3.05, 3.63) is 29.9 Å². The van der Waals surface area contributed by atoms with Gasteiger partial charge in [-0.15, -0.1) is 0 Å². The van der Waals surface area contributed by atoms with Crippen LogP contribution in [0.3, 0.4) is 0 Å². The zero-order valence-electron chi connectivity index (χ0n) is 11.3. The summed E-state index contributed by atoms with van der Waals surface area (Å²) >= 11 is 0. The minimum absolute atomic E-state index is 0.0268. The molecule has 1 aliphatic rings. The van der Waals surface area contributed by atoms with Crippen LogP contribution >= 0.6 is 0 Å². The van der Waals surface area contributed by atoms with Gasteiger partial charge in [-0.1, -0.05) is 0 Å². The molecule has 0 radical (unpaired) electrons. The predicted octanol–water partition coefficient (Wildman–Crippen LogP) is 1.26. The molecule has 1 atom stereocenters. The van der Waals surface area contributed by atoms with Gasteiger partial charge in [0.2, 0.25) is 5.91 Å². The van der Waals surface area contributed by atoms with E-state index in [1.165, 1.54) is 0 Å². The Morgan fingerprint density at radius 3 is 3.20 bits per heavy atom. The molecule has 0 bridgehead atoms. The third kappa shape index (κ3) is 2.75. The van der Waals surface area contributed by atoms with Crippen molar-refractivity contribution in [2.45, 2.75) is 25.8 Å². The van der Waals surface area contributed by atoms with Crippen molar-refractivity contribution in [2.24, 2.45) is 0 Å². The lowest BCUT2D eigenvalue weighted by atomic mass is 10.2. The zero-order chi connectivity index (χ0) is 13.9. The maximum atomic E-state index is 12.0. The summed E-state index contributed by atoms with van der Waals surface area (Å²) in [6.07, 6.45) is 2.77. The Hall–Kier alpha value is -2.08. The molecule has 1 amide bonds. The Bertz CT molecular complexity index is 583. The van der Waals surface area contributed by atoms with Crippen LogP contribution in [0.4, 0.5) is 0 Å². The lowest BCUT2D eigenvalue weighted by molar-refractivity contribution is -0.121. The lowest BCUT2D eigenvalue weighted by Crippen LogP contribution is -2.37. The van der Waals surface area contributed by atoms with Crippen LogP contribution in [0.2, 0.25) is 0 Å². The van der Waals surface area contributed by atoms with Crippen LogP contribution in [0.15, 0.2) is 27.2 Å². The maximum absolute atomic E-state index is 12.0. The standard InChI is InChI=1S/C14H17N3O3/c1-9-11(7-13(18)16-10-4-5-15-8-10)17-14(20-9)12-3-2-6-19-12/h2-3,6,10,15H,4-5,7-8H2,1H3,(H,16,18). The number of aromatic nitrogens is 1. The molecule has 2 N–H and O–H groups in total. The Balaban J connectivity index is 1.66. The first-order valence-corrected chi connectivity index (χ1v) is 6.72. The van der Waals surface area contributed by atoms with E-state index in [9.17, 15) is 4.79 Å². The Labute approximate surface area is 116 Å². The van der Waals surface area contributed by atoms with Gasteiger partial charge in [-0.25, -0.2) is 4.98 Å². The van der Waals surface area contributed by atoms with Crippen molar-refractivity contribution in [3.8, 4) is 11.7 Å². The number of aryl methyl sites for hydroxylation is 1. The molecule has 3 heterocycles. The SMILES string of the molecule is Cc1oc(-c2ccco2)nc1CC(=O)NC1CCNC1. The summed E-state index contributed by atoms with van der Waals surface area (Å²) in [4.78, 5) is 16.3. The van der Waals surface area contributed by atoms with Gasteiger partial charge in [-0.2, -0.15) is 0 Å². The van der Waals surface area contributed by atoms with E-state index in [-0.39, 0.29) is 18.4 Å². The van der Waals surface area contributed by atoms with Crippen molar-refractivity contribution in [2.75, 3.05) is 13.1 Å². The molecule has 0 saturated carbocycles. The van der Waals surface area contributed by atoms with Gasteiger partial charge in [-0.3, -0.25) is 4.79 Å². The Morgan fingerprint density at radius 1 is 1.60 bits per heavy atom. The molecule has 1 fully saturated rings. The summed E-state index contributed by atoms with van der Waals surface area (Å²) in [7, 11) is 0. The monoisotopic (exact) mass is 275 g/mol. The highest BCUT2D eigenvalue weighted by Crippen LogP contribution is 2.22. The van der Waals surface area contributed by atoms with Gasteiger partial charge in [-0.05, 0) is 32.0 Å². The van der Waals surface area contributed by atoms with E-state index in [1.807, 2.05) is 0 Å². The summed E-state index contributed by atoms with van der Waals surface area (Å²) in [5, 5.41) is 6.21. The van der Waals surface area contributed by atoms with E-state index in [1.54, 1.807) is 25.3 Å². The second kappa shape index (κ2) is 5.50. The fourth-order valence-corrected chi connectivity index (χ4v) is 2.31. The van der Waals surface area contributed by atoms with Crippen molar-refractivity contribution >= 4 is 5.91 Å². The fourth-order valence-electron chi connectivity index (χ4n) is 2.31. The summed E-state index contributed by atoms with van der Waals surface area (Å²) in [6, 6.07) is 3.77. The molecular formula is C14H17N3O3. The molecule has 0 aromatic carbocycles. The number of carbonyl (C=O) groups excluding carboxylic acids is 1. The first-order chi connectivity index (χ1) is 9.72.